The highest BCUT2D eigenvalue weighted by Crippen LogP contribution is 2.42. The molecule has 242 valence electrons. The highest BCUT2D eigenvalue weighted by atomic mass is 16.3. The van der Waals surface area contributed by atoms with E-state index in [1.165, 1.54) is 26.9 Å². The Hall–Kier alpha value is -7.11. The monoisotopic (exact) mass is 664 g/mol. The number of nitrogens with zero attached hydrogens (tertiary/aromatic N) is 4. The first-order valence-electron chi connectivity index (χ1n) is 17.5. The molecule has 0 fully saturated rings. The van der Waals surface area contributed by atoms with Gasteiger partial charge in [0, 0.05) is 38.2 Å². The van der Waals surface area contributed by atoms with Crippen LogP contribution in [0.4, 0.5) is 0 Å². The second kappa shape index (κ2) is 11.2. The van der Waals surface area contributed by atoms with Crippen molar-refractivity contribution in [2.75, 3.05) is 0 Å². The molecule has 0 saturated heterocycles. The van der Waals surface area contributed by atoms with Crippen LogP contribution in [0, 0.1) is 0 Å². The molecule has 0 aliphatic rings. The number of para-hydroxylation sites is 2. The normalized spacial score (nSPS) is 11.8. The summed E-state index contributed by atoms with van der Waals surface area (Å²) in [5.74, 6) is 1.84. The molecule has 0 aliphatic heterocycles. The molecule has 0 N–H and O–H groups in total. The van der Waals surface area contributed by atoms with Gasteiger partial charge >= 0.3 is 0 Å². The molecule has 3 aromatic heterocycles. The number of aromatic nitrogens is 4. The molecule has 8 aromatic carbocycles. The van der Waals surface area contributed by atoms with E-state index in [-0.39, 0.29) is 0 Å². The molecule has 0 unspecified atom stereocenters. The zero-order chi connectivity index (χ0) is 34.2. The summed E-state index contributed by atoms with van der Waals surface area (Å²) < 4.78 is 9.18. The van der Waals surface area contributed by atoms with Gasteiger partial charge in [0.1, 0.15) is 5.58 Å². The van der Waals surface area contributed by atoms with Gasteiger partial charge in [0.25, 0.3) is 0 Å². The van der Waals surface area contributed by atoms with Gasteiger partial charge in [-0.3, -0.25) is 0 Å². The third-order valence-corrected chi connectivity index (χ3v) is 10.2. The first-order chi connectivity index (χ1) is 25.8. The molecule has 52 heavy (non-hydrogen) atoms. The Kier molecular flexibility index (Phi) is 6.18. The Balaban J connectivity index is 1.17. The van der Waals surface area contributed by atoms with Gasteiger partial charge in [-0.1, -0.05) is 140 Å². The van der Waals surface area contributed by atoms with Crippen LogP contribution < -0.4 is 0 Å². The molecule has 0 amide bonds. The lowest BCUT2D eigenvalue weighted by atomic mass is 10.0. The van der Waals surface area contributed by atoms with Gasteiger partial charge in [0.05, 0.1) is 16.7 Å². The minimum atomic E-state index is 0.596. The lowest BCUT2D eigenvalue weighted by Crippen LogP contribution is -2.00. The molecule has 5 heteroatoms. The second-order valence-electron chi connectivity index (χ2n) is 13.2. The van der Waals surface area contributed by atoms with Crippen LogP contribution in [0.15, 0.2) is 174 Å². The largest absolute Gasteiger partial charge is 0.454 e. The van der Waals surface area contributed by atoms with E-state index >= 15 is 0 Å². The molecule has 0 bridgehead atoms. The van der Waals surface area contributed by atoms with Crippen molar-refractivity contribution >= 4 is 65.3 Å². The Morgan fingerprint density at radius 3 is 1.96 bits per heavy atom. The SMILES string of the molecule is c1ccc(-c2nc(-c3ccc4ccccc4c3)nc(-c3cccc4oc5c(-n6c7ccccc7c7c8ccccc8ccc76)cccc5c34)n2)cc1. The van der Waals surface area contributed by atoms with Crippen molar-refractivity contribution < 1.29 is 4.42 Å². The van der Waals surface area contributed by atoms with Gasteiger partial charge in [-0.2, -0.15) is 0 Å². The van der Waals surface area contributed by atoms with E-state index < -0.39 is 0 Å². The van der Waals surface area contributed by atoms with Crippen LogP contribution >= 0.6 is 0 Å². The van der Waals surface area contributed by atoms with E-state index in [1.54, 1.807) is 0 Å². The van der Waals surface area contributed by atoms with Gasteiger partial charge in [0.2, 0.25) is 0 Å². The molecular formula is C47H28N4O. The van der Waals surface area contributed by atoms with E-state index in [0.29, 0.717) is 17.5 Å². The summed E-state index contributed by atoms with van der Waals surface area (Å²) in [4.78, 5) is 15.3. The fourth-order valence-electron chi connectivity index (χ4n) is 7.86. The molecule has 3 heterocycles. The second-order valence-corrected chi connectivity index (χ2v) is 13.2. The maximum Gasteiger partial charge on any atom is 0.164 e. The number of hydrogen-bond donors (Lipinski definition) is 0. The Labute approximate surface area is 298 Å². The number of furan rings is 1. The molecule has 0 atom stereocenters. The van der Waals surface area contributed by atoms with Crippen LogP contribution in [0.25, 0.3) is 105 Å². The quantitative estimate of drug-likeness (QED) is 0.188. The van der Waals surface area contributed by atoms with Crippen molar-refractivity contribution in [2.45, 2.75) is 0 Å². The summed E-state index contributed by atoms with van der Waals surface area (Å²) in [5, 5.41) is 9.19. The van der Waals surface area contributed by atoms with Gasteiger partial charge in [-0.15, -0.1) is 0 Å². The lowest BCUT2D eigenvalue weighted by Gasteiger charge is -2.10. The first-order valence-corrected chi connectivity index (χ1v) is 17.5. The molecule has 0 saturated carbocycles. The van der Waals surface area contributed by atoms with Crippen molar-refractivity contribution in [3.05, 3.63) is 170 Å². The zero-order valence-corrected chi connectivity index (χ0v) is 27.9. The maximum absolute atomic E-state index is 6.84. The lowest BCUT2D eigenvalue weighted by molar-refractivity contribution is 0.666. The highest BCUT2D eigenvalue weighted by Gasteiger charge is 2.22. The number of rotatable bonds is 4. The van der Waals surface area contributed by atoms with Crippen LogP contribution in [-0.2, 0) is 0 Å². The fraction of sp³-hybridized carbons (Fsp3) is 0. The Morgan fingerprint density at radius 2 is 1.08 bits per heavy atom. The van der Waals surface area contributed by atoms with Crippen LogP contribution in [-0.4, -0.2) is 19.5 Å². The summed E-state index contributed by atoms with van der Waals surface area (Å²) in [5.41, 5.74) is 7.60. The standard InChI is InChI=1S/C47H28N4O/c1-2-14-31(15-3-1)45-48-46(33-25-24-29-12-4-5-16-32(29)28-33)50-47(49-45)37-20-11-23-41-43(37)36-19-10-22-40(44(36)52-41)51-38-21-9-8-18-35(38)42-34-17-7-6-13-30(34)26-27-39(42)51/h1-28H. The van der Waals surface area contributed by atoms with E-state index in [9.17, 15) is 0 Å². The van der Waals surface area contributed by atoms with Crippen LogP contribution in [0.1, 0.15) is 0 Å². The minimum Gasteiger partial charge on any atom is -0.454 e. The summed E-state index contributed by atoms with van der Waals surface area (Å²) in [6.45, 7) is 0. The van der Waals surface area contributed by atoms with Gasteiger partial charge in [-0.25, -0.2) is 15.0 Å². The van der Waals surface area contributed by atoms with Gasteiger partial charge in [0.15, 0.2) is 23.1 Å². The zero-order valence-electron chi connectivity index (χ0n) is 27.9. The van der Waals surface area contributed by atoms with E-state index in [4.69, 9.17) is 19.4 Å². The van der Waals surface area contributed by atoms with Crippen molar-refractivity contribution in [3.8, 4) is 39.9 Å². The predicted molar refractivity (Wildman–Crippen MR) is 213 cm³/mol. The number of benzene rings is 8. The molecule has 0 spiro atoms. The maximum atomic E-state index is 6.84. The third kappa shape index (κ3) is 4.33. The molecule has 11 rings (SSSR count). The van der Waals surface area contributed by atoms with E-state index in [0.717, 1.165) is 60.7 Å². The van der Waals surface area contributed by atoms with Crippen LogP contribution in [0.2, 0.25) is 0 Å². The van der Waals surface area contributed by atoms with Gasteiger partial charge in [-0.05, 0) is 51.9 Å². The minimum absolute atomic E-state index is 0.596. The summed E-state index contributed by atoms with van der Waals surface area (Å²) in [6, 6.07) is 59.1. The molecule has 0 aliphatic carbocycles. The van der Waals surface area contributed by atoms with Crippen molar-refractivity contribution in [2.24, 2.45) is 0 Å². The van der Waals surface area contributed by atoms with E-state index in [1.807, 2.05) is 42.5 Å². The smallest absolute Gasteiger partial charge is 0.164 e. The van der Waals surface area contributed by atoms with Crippen molar-refractivity contribution in [1.29, 1.82) is 0 Å². The number of hydrogen-bond acceptors (Lipinski definition) is 4. The van der Waals surface area contributed by atoms with E-state index in [2.05, 4.69) is 132 Å². The predicted octanol–water partition coefficient (Wildman–Crippen LogP) is 12.2. The highest BCUT2D eigenvalue weighted by molar-refractivity contribution is 6.22. The van der Waals surface area contributed by atoms with Crippen molar-refractivity contribution in [3.63, 3.8) is 0 Å². The molecular weight excluding hydrogens is 637 g/mol. The topological polar surface area (TPSA) is 56.7 Å². The fourth-order valence-corrected chi connectivity index (χ4v) is 7.86. The summed E-state index contributed by atoms with van der Waals surface area (Å²) >= 11 is 0. The Bertz CT molecular complexity index is 3190. The average Bonchev–Trinajstić information content (AvgIpc) is 3.77. The van der Waals surface area contributed by atoms with Crippen LogP contribution in [0.3, 0.4) is 0 Å². The summed E-state index contributed by atoms with van der Waals surface area (Å²) in [7, 11) is 0. The Morgan fingerprint density at radius 1 is 0.404 bits per heavy atom. The van der Waals surface area contributed by atoms with Crippen molar-refractivity contribution in [1.82, 2.24) is 19.5 Å². The molecule has 0 radical (unpaired) electrons. The summed E-state index contributed by atoms with van der Waals surface area (Å²) in [6.07, 6.45) is 0. The first kappa shape index (κ1) is 28.7. The van der Waals surface area contributed by atoms with Crippen LogP contribution in [0.5, 0.6) is 0 Å². The number of fused-ring (bicyclic) bond motifs is 9. The molecule has 5 nitrogen and oxygen atoms in total. The third-order valence-electron chi connectivity index (χ3n) is 10.2. The molecule has 11 aromatic rings. The average molecular weight is 665 g/mol. The van der Waals surface area contributed by atoms with Gasteiger partial charge < -0.3 is 8.98 Å².